The molecule has 1 aromatic carbocycles. The van der Waals surface area contributed by atoms with E-state index in [1.54, 1.807) is 7.11 Å². The number of nitrogens with zero attached hydrogens (tertiary/aromatic N) is 2. The SMILES string of the molecule is CCCc1cc(-c2nc3c([nH]2)CC(c2ccccc2OC)CNC3=O)on1. The number of H-pyrrole nitrogens is 1. The fraction of sp³-hybridized carbons (Fsp3) is 0.350. The first-order chi connectivity index (χ1) is 13.2. The van der Waals surface area contributed by atoms with Crippen molar-refractivity contribution >= 4 is 5.91 Å². The molecule has 140 valence electrons. The van der Waals surface area contributed by atoms with Crippen molar-refractivity contribution in [2.75, 3.05) is 13.7 Å². The molecule has 0 aliphatic carbocycles. The van der Waals surface area contributed by atoms with Crippen LogP contribution in [0, 0.1) is 0 Å². The first-order valence-corrected chi connectivity index (χ1v) is 9.15. The second-order valence-corrected chi connectivity index (χ2v) is 6.70. The lowest BCUT2D eigenvalue weighted by Gasteiger charge is -2.17. The number of carbonyl (C=O) groups excluding carboxylic acids is 1. The first-order valence-electron chi connectivity index (χ1n) is 9.15. The number of fused-ring (bicyclic) bond motifs is 1. The van der Waals surface area contributed by atoms with E-state index in [2.05, 4.69) is 27.4 Å². The molecule has 0 spiro atoms. The third-order valence-electron chi connectivity index (χ3n) is 4.83. The van der Waals surface area contributed by atoms with Gasteiger partial charge in [-0.1, -0.05) is 36.7 Å². The van der Waals surface area contributed by atoms with E-state index < -0.39 is 0 Å². The van der Waals surface area contributed by atoms with E-state index in [9.17, 15) is 4.79 Å². The zero-order valence-electron chi connectivity index (χ0n) is 15.4. The summed E-state index contributed by atoms with van der Waals surface area (Å²) in [5.74, 6) is 1.81. The van der Waals surface area contributed by atoms with Crippen LogP contribution in [0.25, 0.3) is 11.6 Å². The number of amides is 1. The van der Waals surface area contributed by atoms with Crippen molar-refractivity contribution in [3.8, 4) is 17.3 Å². The predicted octanol–water partition coefficient (Wildman–Crippen LogP) is 3.10. The summed E-state index contributed by atoms with van der Waals surface area (Å²) in [4.78, 5) is 20.3. The van der Waals surface area contributed by atoms with E-state index in [4.69, 9.17) is 9.26 Å². The van der Waals surface area contributed by atoms with Gasteiger partial charge in [0.15, 0.2) is 5.82 Å². The molecule has 2 N–H and O–H groups in total. The van der Waals surface area contributed by atoms with Gasteiger partial charge in [0.1, 0.15) is 11.4 Å². The van der Waals surface area contributed by atoms with Crippen molar-refractivity contribution in [2.45, 2.75) is 32.1 Å². The zero-order valence-corrected chi connectivity index (χ0v) is 15.4. The van der Waals surface area contributed by atoms with Gasteiger partial charge in [-0.05, 0) is 24.5 Å². The Morgan fingerprint density at radius 3 is 3.00 bits per heavy atom. The van der Waals surface area contributed by atoms with Crippen LogP contribution in [0.15, 0.2) is 34.9 Å². The average Bonchev–Trinajstić information content (AvgIpc) is 3.29. The van der Waals surface area contributed by atoms with E-state index in [1.807, 2.05) is 30.3 Å². The largest absolute Gasteiger partial charge is 0.496 e. The molecule has 7 nitrogen and oxygen atoms in total. The molecule has 0 radical (unpaired) electrons. The molecular weight excluding hydrogens is 344 g/mol. The van der Waals surface area contributed by atoms with Crippen LogP contribution in [0.4, 0.5) is 0 Å². The van der Waals surface area contributed by atoms with Crippen LogP contribution >= 0.6 is 0 Å². The number of ether oxygens (including phenoxy) is 1. The number of aromatic amines is 1. The number of nitrogens with one attached hydrogen (secondary N) is 2. The smallest absolute Gasteiger partial charge is 0.271 e. The number of carbonyl (C=O) groups is 1. The Morgan fingerprint density at radius 1 is 1.33 bits per heavy atom. The van der Waals surface area contributed by atoms with Crippen LogP contribution in [0.1, 0.15) is 46.7 Å². The van der Waals surface area contributed by atoms with Gasteiger partial charge < -0.3 is 19.6 Å². The molecular formula is C20H22N4O3. The molecule has 0 fully saturated rings. The van der Waals surface area contributed by atoms with E-state index in [0.29, 0.717) is 30.2 Å². The number of benzene rings is 1. The summed E-state index contributed by atoms with van der Waals surface area (Å²) >= 11 is 0. The topological polar surface area (TPSA) is 93.0 Å². The highest BCUT2D eigenvalue weighted by Crippen LogP contribution is 2.31. The Morgan fingerprint density at radius 2 is 2.19 bits per heavy atom. The maximum atomic E-state index is 12.5. The van der Waals surface area contributed by atoms with Crippen LogP contribution in [0.2, 0.25) is 0 Å². The molecule has 4 rings (SSSR count). The Bertz CT molecular complexity index is 960. The Kier molecular flexibility index (Phi) is 4.66. The van der Waals surface area contributed by atoms with Crippen LogP contribution in [0.3, 0.4) is 0 Å². The van der Waals surface area contributed by atoms with Gasteiger partial charge in [0, 0.05) is 24.2 Å². The highest BCUT2D eigenvalue weighted by atomic mass is 16.5. The van der Waals surface area contributed by atoms with Crippen molar-refractivity contribution in [1.82, 2.24) is 20.4 Å². The van der Waals surface area contributed by atoms with Gasteiger partial charge in [0.05, 0.1) is 12.8 Å². The van der Waals surface area contributed by atoms with Gasteiger partial charge in [0.25, 0.3) is 5.91 Å². The van der Waals surface area contributed by atoms with Crippen LogP contribution in [-0.4, -0.2) is 34.7 Å². The van der Waals surface area contributed by atoms with Crippen molar-refractivity contribution in [1.29, 1.82) is 0 Å². The van der Waals surface area contributed by atoms with Gasteiger partial charge in [-0.25, -0.2) is 4.98 Å². The van der Waals surface area contributed by atoms with E-state index in [-0.39, 0.29) is 11.8 Å². The van der Waals surface area contributed by atoms with Crippen LogP contribution in [-0.2, 0) is 12.8 Å². The normalized spacial score (nSPS) is 16.5. The van der Waals surface area contributed by atoms with E-state index in [1.165, 1.54) is 0 Å². The van der Waals surface area contributed by atoms with Crippen molar-refractivity contribution in [3.63, 3.8) is 0 Å². The Labute approximate surface area is 157 Å². The third-order valence-corrected chi connectivity index (χ3v) is 4.83. The molecule has 7 heteroatoms. The minimum absolute atomic E-state index is 0.0880. The summed E-state index contributed by atoms with van der Waals surface area (Å²) in [6.07, 6.45) is 2.49. The minimum atomic E-state index is -0.182. The molecule has 3 aromatic rings. The third kappa shape index (κ3) is 3.32. The molecule has 2 aromatic heterocycles. The minimum Gasteiger partial charge on any atom is -0.496 e. The number of imidazole rings is 1. The maximum absolute atomic E-state index is 12.5. The van der Waals surface area contributed by atoms with Crippen LogP contribution in [0.5, 0.6) is 5.75 Å². The maximum Gasteiger partial charge on any atom is 0.271 e. The van der Waals surface area contributed by atoms with Crippen molar-refractivity contribution in [3.05, 3.63) is 53.0 Å². The van der Waals surface area contributed by atoms with Crippen molar-refractivity contribution in [2.24, 2.45) is 0 Å². The summed E-state index contributed by atoms with van der Waals surface area (Å²) in [6, 6.07) is 9.76. The standard InChI is InChI=1S/C20H22N4O3/c1-3-6-13-10-17(27-24-13)19-22-15-9-12(11-21-20(25)18(15)23-19)14-7-4-5-8-16(14)26-2/h4-5,7-8,10,12H,3,6,9,11H2,1-2H3,(H,21,25)(H,22,23). The van der Waals surface area contributed by atoms with E-state index >= 15 is 0 Å². The zero-order chi connectivity index (χ0) is 18.8. The second kappa shape index (κ2) is 7.26. The van der Waals surface area contributed by atoms with Gasteiger partial charge in [-0.3, -0.25) is 4.79 Å². The van der Waals surface area contributed by atoms with Gasteiger partial charge in [-0.15, -0.1) is 0 Å². The molecule has 1 atom stereocenters. The second-order valence-electron chi connectivity index (χ2n) is 6.70. The predicted molar refractivity (Wildman–Crippen MR) is 99.9 cm³/mol. The van der Waals surface area contributed by atoms with Crippen LogP contribution < -0.4 is 10.1 Å². The molecule has 1 unspecified atom stereocenters. The lowest BCUT2D eigenvalue weighted by molar-refractivity contribution is 0.0950. The number of para-hydroxylation sites is 1. The summed E-state index contributed by atoms with van der Waals surface area (Å²) in [5.41, 5.74) is 3.16. The summed E-state index contributed by atoms with van der Waals surface area (Å²) in [5, 5.41) is 7.03. The first kappa shape index (κ1) is 17.3. The molecule has 3 heterocycles. The molecule has 0 bridgehead atoms. The van der Waals surface area contributed by atoms with Gasteiger partial charge >= 0.3 is 0 Å². The Balaban J connectivity index is 1.66. The lowest BCUT2D eigenvalue weighted by Crippen LogP contribution is -2.26. The lowest BCUT2D eigenvalue weighted by atomic mass is 9.93. The average molecular weight is 366 g/mol. The fourth-order valence-electron chi connectivity index (χ4n) is 3.50. The highest BCUT2D eigenvalue weighted by Gasteiger charge is 2.28. The monoisotopic (exact) mass is 366 g/mol. The van der Waals surface area contributed by atoms with Gasteiger partial charge in [0.2, 0.25) is 5.76 Å². The number of aromatic nitrogens is 3. The van der Waals surface area contributed by atoms with Crippen molar-refractivity contribution < 1.29 is 14.1 Å². The Hall–Kier alpha value is -3.09. The number of hydrogen-bond acceptors (Lipinski definition) is 5. The number of aryl methyl sites for hydroxylation is 1. The van der Waals surface area contributed by atoms with E-state index in [0.717, 1.165) is 35.5 Å². The summed E-state index contributed by atoms with van der Waals surface area (Å²) in [7, 11) is 1.66. The summed E-state index contributed by atoms with van der Waals surface area (Å²) < 4.78 is 10.9. The number of hydrogen-bond donors (Lipinski definition) is 2. The van der Waals surface area contributed by atoms with Gasteiger partial charge in [-0.2, -0.15) is 0 Å². The molecule has 1 aliphatic rings. The summed E-state index contributed by atoms with van der Waals surface area (Å²) in [6.45, 7) is 2.62. The highest BCUT2D eigenvalue weighted by molar-refractivity contribution is 5.94. The number of methoxy groups -OCH3 is 1. The number of rotatable bonds is 5. The quantitative estimate of drug-likeness (QED) is 0.724. The molecule has 1 aliphatic heterocycles. The molecule has 1 amide bonds. The molecule has 0 saturated heterocycles. The fourth-order valence-corrected chi connectivity index (χ4v) is 3.50. The molecule has 27 heavy (non-hydrogen) atoms. The molecule has 0 saturated carbocycles.